The zero-order valence-corrected chi connectivity index (χ0v) is 13.6. The molecule has 2 N–H and O–H groups in total. The number of hydrogen-bond acceptors (Lipinski definition) is 4. The van der Waals surface area contributed by atoms with Crippen molar-refractivity contribution < 1.29 is 19.1 Å². The van der Waals surface area contributed by atoms with Crippen LogP contribution in [0.15, 0.2) is 18.2 Å². The minimum absolute atomic E-state index is 0.0525. The molecule has 0 atom stereocenters. The highest BCUT2D eigenvalue weighted by molar-refractivity contribution is 5.96. The van der Waals surface area contributed by atoms with Gasteiger partial charge in [0.15, 0.2) is 0 Å². The molecule has 1 aromatic rings. The first-order valence-corrected chi connectivity index (χ1v) is 7.35. The second-order valence-corrected chi connectivity index (χ2v) is 4.85. The van der Waals surface area contributed by atoms with Crippen LogP contribution in [0.5, 0.6) is 11.5 Å². The zero-order chi connectivity index (χ0) is 16.5. The number of carbonyl (C=O) groups is 2. The number of hydrogen-bond donors (Lipinski definition) is 2. The minimum Gasteiger partial charge on any atom is -0.497 e. The van der Waals surface area contributed by atoms with Crippen LogP contribution >= 0.6 is 0 Å². The van der Waals surface area contributed by atoms with Gasteiger partial charge in [0.05, 0.1) is 26.5 Å². The molecule has 0 heterocycles. The van der Waals surface area contributed by atoms with Gasteiger partial charge in [-0.3, -0.25) is 9.59 Å². The summed E-state index contributed by atoms with van der Waals surface area (Å²) in [6.07, 6.45) is 1.52. The maximum atomic E-state index is 11.9. The topological polar surface area (TPSA) is 76.7 Å². The lowest BCUT2D eigenvalue weighted by atomic mass is 10.0. The van der Waals surface area contributed by atoms with E-state index in [1.54, 1.807) is 25.3 Å². The lowest BCUT2D eigenvalue weighted by molar-refractivity contribution is -0.127. The second kappa shape index (κ2) is 8.92. The van der Waals surface area contributed by atoms with Crippen LogP contribution in [0, 0.1) is 5.92 Å². The third-order valence-electron chi connectivity index (χ3n) is 3.46. The standard InChI is InChI=1S/C16H24N2O4/c1-5-11(6-2)16(20)17-10-15(19)18-13-8-7-12(21-3)9-14(13)22-4/h7-9,11H,5-6,10H2,1-4H3,(H,17,20)(H,18,19). The van der Waals surface area contributed by atoms with Gasteiger partial charge in [0.2, 0.25) is 11.8 Å². The summed E-state index contributed by atoms with van der Waals surface area (Å²) < 4.78 is 10.3. The van der Waals surface area contributed by atoms with E-state index in [2.05, 4.69) is 10.6 Å². The summed E-state index contributed by atoms with van der Waals surface area (Å²) in [4.78, 5) is 23.8. The van der Waals surface area contributed by atoms with E-state index in [-0.39, 0.29) is 24.3 Å². The Bertz CT molecular complexity index is 513. The van der Waals surface area contributed by atoms with Gasteiger partial charge in [0, 0.05) is 12.0 Å². The van der Waals surface area contributed by atoms with Crippen molar-refractivity contribution in [2.45, 2.75) is 26.7 Å². The molecule has 1 aromatic carbocycles. The molecule has 0 unspecified atom stereocenters. The summed E-state index contributed by atoms with van der Waals surface area (Å²) >= 11 is 0. The fourth-order valence-electron chi connectivity index (χ4n) is 2.07. The molecule has 0 fully saturated rings. The Balaban J connectivity index is 2.60. The number of carbonyl (C=O) groups excluding carboxylic acids is 2. The summed E-state index contributed by atoms with van der Waals surface area (Å²) in [6.45, 7) is 3.84. The molecule has 122 valence electrons. The lowest BCUT2D eigenvalue weighted by Crippen LogP contribution is -2.36. The molecule has 2 amide bonds. The lowest BCUT2D eigenvalue weighted by Gasteiger charge is -2.14. The van der Waals surface area contributed by atoms with Gasteiger partial charge < -0.3 is 20.1 Å². The van der Waals surface area contributed by atoms with Crippen LogP contribution in [0.1, 0.15) is 26.7 Å². The monoisotopic (exact) mass is 308 g/mol. The molecule has 6 heteroatoms. The predicted octanol–water partition coefficient (Wildman–Crippen LogP) is 2.19. The van der Waals surface area contributed by atoms with Crippen LogP contribution in [0.25, 0.3) is 0 Å². The van der Waals surface area contributed by atoms with Crippen molar-refractivity contribution in [1.29, 1.82) is 0 Å². The maximum absolute atomic E-state index is 11.9. The highest BCUT2D eigenvalue weighted by Crippen LogP contribution is 2.28. The molecule has 0 spiro atoms. The Morgan fingerprint density at radius 3 is 2.36 bits per heavy atom. The normalized spacial score (nSPS) is 10.2. The Hall–Kier alpha value is -2.24. The smallest absolute Gasteiger partial charge is 0.243 e. The van der Waals surface area contributed by atoms with Crippen LogP contribution < -0.4 is 20.1 Å². The van der Waals surface area contributed by atoms with E-state index in [1.807, 2.05) is 13.8 Å². The SMILES string of the molecule is CCC(CC)C(=O)NCC(=O)Nc1ccc(OC)cc1OC. The molecule has 0 aliphatic heterocycles. The third kappa shape index (κ3) is 4.95. The van der Waals surface area contributed by atoms with Gasteiger partial charge in [0.1, 0.15) is 11.5 Å². The van der Waals surface area contributed by atoms with Gasteiger partial charge >= 0.3 is 0 Å². The van der Waals surface area contributed by atoms with E-state index in [9.17, 15) is 9.59 Å². The highest BCUT2D eigenvalue weighted by Gasteiger charge is 2.15. The van der Waals surface area contributed by atoms with Gasteiger partial charge in [-0.05, 0) is 25.0 Å². The Morgan fingerprint density at radius 1 is 1.14 bits per heavy atom. The summed E-state index contributed by atoms with van der Waals surface area (Å²) in [5, 5.41) is 5.36. The Kier molecular flexibility index (Phi) is 7.22. The quantitative estimate of drug-likeness (QED) is 0.772. The molecule has 0 aliphatic carbocycles. The van der Waals surface area contributed by atoms with Crippen LogP contribution in [0.4, 0.5) is 5.69 Å². The van der Waals surface area contributed by atoms with Crippen molar-refractivity contribution in [3.63, 3.8) is 0 Å². The number of benzene rings is 1. The molecule has 0 bridgehead atoms. The number of nitrogens with one attached hydrogen (secondary N) is 2. The number of amides is 2. The van der Waals surface area contributed by atoms with Crippen molar-refractivity contribution in [2.75, 3.05) is 26.1 Å². The molecule has 0 saturated carbocycles. The Morgan fingerprint density at radius 2 is 1.82 bits per heavy atom. The molecule has 1 rings (SSSR count). The number of methoxy groups -OCH3 is 2. The van der Waals surface area contributed by atoms with Crippen molar-refractivity contribution in [2.24, 2.45) is 5.92 Å². The van der Waals surface area contributed by atoms with E-state index in [4.69, 9.17) is 9.47 Å². The molecule has 0 saturated heterocycles. The molecule has 0 aliphatic rings. The van der Waals surface area contributed by atoms with E-state index >= 15 is 0 Å². The predicted molar refractivity (Wildman–Crippen MR) is 85.3 cm³/mol. The fraction of sp³-hybridized carbons (Fsp3) is 0.500. The first kappa shape index (κ1) is 17.8. The second-order valence-electron chi connectivity index (χ2n) is 4.85. The first-order chi connectivity index (χ1) is 10.5. The fourth-order valence-corrected chi connectivity index (χ4v) is 2.07. The zero-order valence-electron chi connectivity index (χ0n) is 13.6. The number of ether oxygens (including phenoxy) is 2. The van der Waals surface area contributed by atoms with Gasteiger partial charge in [-0.2, -0.15) is 0 Å². The van der Waals surface area contributed by atoms with Crippen LogP contribution in [-0.4, -0.2) is 32.6 Å². The average Bonchev–Trinajstić information content (AvgIpc) is 2.54. The van der Waals surface area contributed by atoms with Crippen molar-refractivity contribution >= 4 is 17.5 Å². The molecular formula is C16H24N2O4. The Labute approximate surface area is 131 Å². The summed E-state index contributed by atoms with van der Waals surface area (Å²) in [7, 11) is 3.07. The summed E-state index contributed by atoms with van der Waals surface area (Å²) in [5.74, 6) is 0.684. The summed E-state index contributed by atoms with van der Waals surface area (Å²) in [5.41, 5.74) is 0.532. The molecule has 22 heavy (non-hydrogen) atoms. The van der Waals surface area contributed by atoms with Gasteiger partial charge in [-0.1, -0.05) is 13.8 Å². The molecule has 0 aromatic heterocycles. The summed E-state index contributed by atoms with van der Waals surface area (Å²) in [6, 6.07) is 5.09. The number of rotatable bonds is 8. The van der Waals surface area contributed by atoms with Gasteiger partial charge in [-0.15, -0.1) is 0 Å². The van der Waals surface area contributed by atoms with Crippen LogP contribution in [0.2, 0.25) is 0 Å². The third-order valence-corrected chi connectivity index (χ3v) is 3.46. The van der Waals surface area contributed by atoms with E-state index in [0.717, 1.165) is 12.8 Å². The first-order valence-electron chi connectivity index (χ1n) is 7.35. The largest absolute Gasteiger partial charge is 0.497 e. The minimum atomic E-state index is -0.303. The molecule has 6 nitrogen and oxygen atoms in total. The number of anilines is 1. The van der Waals surface area contributed by atoms with E-state index in [1.165, 1.54) is 7.11 Å². The maximum Gasteiger partial charge on any atom is 0.243 e. The van der Waals surface area contributed by atoms with E-state index in [0.29, 0.717) is 17.2 Å². The van der Waals surface area contributed by atoms with Gasteiger partial charge in [0.25, 0.3) is 0 Å². The van der Waals surface area contributed by atoms with Crippen molar-refractivity contribution in [1.82, 2.24) is 5.32 Å². The van der Waals surface area contributed by atoms with Crippen molar-refractivity contribution in [3.05, 3.63) is 18.2 Å². The van der Waals surface area contributed by atoms with Crippen molar-refractivity contribution in [3.8, 4) is 11.5 Å². The molecule has 0 radical (unpaired) electrons. The van der Waals surface area contributed by atoms with E-state index < -0.39 is 0 Å². The molecular weight excluding hydrogens is 284 g/mol. The van der Waals surface area contributed by atoms with Gasteiger partial charge in [-0.25, -0.2) is 0 Å². The highest BCUT2D eigenvalue weighted by atomic mass is 16.5. The van der Waals surface area contributed by atoms with Crippen LogP contribution in [0.3, 0.4) is 0 Å². The average molecular weight is 308 g/mol. The van der Waals surface area contributed by atoms with Crippen LogP contribution in [-0.2, 0) is 9.59 Å².